The monoisotopic (exact) mass is 1440 g/mol. The third-order valence-corrected chi connectivity index (χ3v) is 20.2. The number of carboxylic acid groups (broad SMARTS) is 1. The smallest absolute Gasteiger partial charge is 0.361 e. The second kappa shape index (κ2) is 84.1. The first-order valence-electron chi connectivity index (χ1n) is 44.8. The van der Waals surface area contributed by atoms with E-state index < -0.39 is 18.4 Å². The fraction of sp³-hybridized carbons (Fsp3) is 0.819. The van der Waals surface area contributed by atoms with Crippen LogP contribution < -0.4 is 0 Å². The van der Waals surface area contributed by atoms with E-state index in [2.05, 4.69) is 98.9 Å². The highest BCUT2D eigenvalue weighted by molar-refractivity contribution is 5.71. The lowest BCUT2D eigenvalue weighted by Crippen LogP contribution is -2.40. The SMILES string of the molecule is CC/C=C\C/C=C\C/C=C\C/C=C\C/C=C\C/C=C\C/C=C\CCCCCCCCCCCCCCCCCCCC(=O)OC(COC(=O)CCCCCCCCCCCCCCCCCCCCCCCCCCCCCCCCCCCCCCCCC)COC(OCC[N+](C)(C)C)C(=O)O. The molecule has 9 nitrogen and oxygen atoms in total. The minimum Gasteiger partial charge on any atom is -0.477 e. The fourth-order valence-electron chi connectivity index (χ4n) is 13.4. The number of quaternary nitrogens is 1. The van der Waals surface area contributed by atoms with Crippen molar-refractivity contribution in [2.75, 3.05) is 47.5 Å². The second-order valence-electron chi connectivity index (χ2n) is 31.5. The zero-order valence-corrected chi connectivity index (χ0v) is 69.0. The minimum absolute atomic E-state index is 0.178. The van der Waals surface area contributed by atoms with Crippen LogP contribution in [0.3, 0.4) is 0 Å². The summed E-state index contributed by atoms with van der Waals surface area (Å²) in [6.07, 6.45) is 114. The van der Waals surface area contributed by atoms with Crippen LogP contribution in [0.25, 0.3) is 0 Å². The van der Waals surface area contributed by atoms with E-state index in [9.17, 15) is 19.5 Å². The molecule has 9 heteroatoms. The van der Waals surface area contributed by atoms with Crippen LogP contribution in [-0.4, -0.2) is 87.4 Å². The highest BCUT2D eigenvalue weighted by Gasteiger charge is 2.25. The third-order valence-electron chi connectivity index (χ3n) is 20.2. The van der Waals surface area contributed by atoms with E-state index in [0.29, 0.717) is 17.4 Å². The summed E-state index contributed by atoms with van der Waals surface area (Å²) in [6, 6.07) is 0. The molecule has 2 atom stereocenters. The summed E-state index contributed by atoms with van der Waals surface area (Å²) in [5, 5.41) is 9.79. The van der Waals surface area contributed by atoms with Crippen LogP contribution >= 0.6 is 0 Å². The van der Waals surface area contributed by atoms with Gasteiger partial charge in [-0.05, 0) is 70.6 Å². The Balaban J connectivity index is 3.93. The molecule has 0 aliphatic heterocycles. The summed E-state index contributed by atoms with van der Waals surface area (Å²) in [6.45, 7) is 4.84. The Hall–Kier alpha value is -3.53. The number of unbranched alkanes of at least 4 members (excludes halogenated alkanes) is 55. The van der Waals surface area contributed by atoms with Crippen molar-refractivity contribution in [2.24, 2.45) is 0 Å². The van der Waals surface area contributed by atoms with Crippen LogP contribution in [0.4, 0.5) is 0 Å². The van der Waals surface area contributed by atoms with Crippen LogP contribution in [0.15, 0.2) is 85.1 Å². The number of hydrogen-bond acceptors (Lipinski definition) is 7. The molecule has 0 aromatic carbocycles. The van der Waals surface area contributed by atoms with Crippen LogP contribution in [0.5, 0.6) is 0 Å². The van der Waals surface area contributed by atoms with Crippen molar-refractivity contribution in [3.8, 4) is 0 Å². The van der Waals surface area contributed by atoms with Crippen molar-refractivity contribution in [3.05, 3.63) is 85.1 Å². The van der Waals surface area contributed by atoms with Gasteiger partial charge in [0.2, 0.25) is 0 Å². The van der Waals surface area contributed by atoms with Crippen LogP contribution in [-0.2, 0) is 33.3 Å². The van der Waals surface area contributed by atoms with E-state index in [4.69, 9.17) is 18.9 Å². The molecule has 0 aliphatic rings. The maximum Gasteiger partial charge on any atom is 0.361 e. The van der Waals surface area contributed by atoms with E-state index in [1.54, 1.807) is 0 Å². The topological polar surface area (TPSA) is 108 Å². The Morgan fingerprint density at radius 2 is 0.553 bits per heavy atom. The molecule has 0 fully saturated rings. The Morgan fingerprint density at radius 1 is 0.301 bits per heavy atom. The Morgan fingerprint density at radius 3 is 0.825 bits per heavy atom. The molecule has 0 saturated carbocycles. The second-order valence-corrected chi connectivity index (χ2v) is 31.5. The molecule has 0 aromatic rings. The van der Waals surface area contributed by atoms with Crippen molar-refractivity contribution in [1.29, 1.82) is 0 Å². The molecule has 600 valence electrons. The first-order chi connectivity index (χ1) is 50.6. The summed E-state index contributed by atoms with van der Waals surface area (Å²) in [7, 11) is 6.00. The average molecular weight is 1440 g/mol. The third kappa shape index (κ3) is 85.6. The van der Waals surface area contributed by atoms with E-state index >= 15 is 0 Å². The Kier molecular flexibility index (Phi) is 81.2. The zero-order valence-electron chi connectivity index (χ0n) is 69.0. The van der Waals surface area contributed by atoms with Gasteiger partial charge in [-0.2, -0.15) is 0 Å². The Bertz CT molecular complexity index is 1980. The number of rotatable bonds is 84. The number of nitrogens with zero attached hydrogens (tertiary/aromatic N) is 1. The highest BCUT2D eigenvalue weighted by Crippen LogP contribution is 2.21. The molecule has 0 radical (unpaired) electrons. The molecule has 0 rings (SSSR count). The zero-order chi connectivity index (χ0) is 74.6. The van der Waals surface area contributed by atoms with Crippen molar-refractivity contribution < 1.29 is 42.9 Å². The molecular formula is C94H172NO8+. The van der Waals surface area contributed by atoms with Gasteiger partial charge in [0.15, 0.2) is 6.10 Å². The predicted octanol–water partition coefficient (Wildman–Crippen LogP) is 29.3. The summed E-state index contributed by atoms with van der Waals surface area (Å²) >= 11 is 0. The number of hydrogen-bond donors (Lipinski definition) is 1. The number of likely N-dealkylation sites (N-methyl/N-ethyl adjacent to an activating group) is 1. The highest BCUT2D eigenvalue weighted by atomic mass is 16.7. The van der Waals surface area contributed by atoms with Gasteiger partial charge < -0.3 is 28.5 Å². The van der Waals surface area contributed by atoms with E-state index in [-0.39, 0.29) is 38.2 Å². The standard InChI is InChI=1S/C94H171NO8/c1-6-8-10-12-14-16-18-20-22-24-26-28-30-32-34-36-38-40-42-44-46-48-50-52-54-56-58-60-62-64-66-68-70-72-74-76-78-80-82-84-91(96)101-88-90(89-102-94(93(98)99)100-87-86-95(3,4)5)103-92(97)85-83-81-79-77-75-73-71-69-67-65-63-61-59-57-55-53-51-49-47-45-43-41-39-37-35-33-31-29-27-25-23-21-19-17-15-13-11-9-7-2/h9,11,15,17,21,23,27,29,33,35,39,41,45,47,90,94H,6-8,10,12-14,16,18-20,22,24-26,28,30-32,34,36-38,40,42-44,46,48-89H2,1-5H3/p+1/b11-9-,17-15-,23-21-,29-27-,35-33-,41-39-,47-45-. The van der Waals surface area contributed by atoms with Gasteiger partial charge in [0.05, 0.1) is 34.4 Å². The lowest BCUT2D eigenvalue weighted by molar-refractivity contribution is -0.870. The van der Waals surface area contributed by atoms with Crippen molar-refractivity contribution in [3.63, 3.8) is 0 Å². The van der Waals surface area contributed by atoms with Crippen molar-refractivity contribution in [2.45, 2.75) is 450 Å². The lowest BCUT2D eigenvalue weighted by Gasteiger charge is -2.25. The molecule has 0 heterocycles. The quantitative estimate of drug-likeness (QED) is 0.0211. The van der Waals surface area contributed by atoms with E-state index in [1.807, 2.05) is 21.1 Å². The van der Waals surface area contributed by atoms with Gasteiger partial charge in [-0.3, -0.25) is 9.59 Å². The molecule has 2 unspecified atom stereocenters. The summed E-state index contributed by atoms with van der Waals surface area (Å²) < 4.78 is 23.1. The minimum atomic E-state index is -1.51. The number of carboxylic acids is 1. The van der Waals surface area contributed by atoms with Crippen molar-refractivity contribution >= 4 is 17.9 Å². The van der Waals surface area contributed by atoms with Crippen LogP contribution in [0.2, 0.25) is 0 Å². The van der Waals surface area contributed by atoms with Gasteiger partial charge in [-0.25, -0.2) is 4.79 Å². The average Bonchev–Trinajstić information content (AvgIpc) is 0.985. The molecule has 0 spiro atoms. The first kappa shape index (κ1) is 99.5. The maximum atomic E-state index is 13.0. The molecule has 0 saturated heterocycles. The van der Waals surface area contributed by atoms with Gasteiger partial charge in [-0.15, -0.1) is 0 Å². The summed E-state index contributed by atoms with van der Waals surface area (Å²) in [4.78, 5) is 37.8. The number of ether oxygens (including phenoxy) is 4. The van der Waals surface area contributed by atoms with Gasteiger partial charge >= 0.3 is 17.9 Å². The predicted molar refractivity (Wildman–Crippen MR) is 447 cm³/mol. The van der Waals surface area contributed by atoms with Gasteiger partial charge in [0.25, 0.3) is 6.29 Å². The normalized spacial score (nSPS) is 13.0. The van der Waals surface area contributed by atoms with Gasteiger partial charge in [0, 0.05) is 12.8 Å². The number of carbonyl (C=O) groups excluding carboxylic acids is 2. The number of aliphatic carboxylic acids is 1. The lowest BCUT2D eigenvalue weighted by atomic mass is 10.0. The number of carbonyl (C=O) groups is 3. The van der Waals surface area contributed by atoms with E-state index in [0.717, 1.165) is 83.5 Å². The van der Waals surface area contributed by atoms with Gasteiger partial charge in [-0.1, -0.05) is 439 Å². The van der Waals surface area contributed by atoms with Crippen LogP contribution in [0, 0.1) is 0 Å². The molecular weight excluding hydrogens is 1270 g/mol. The van der Waals surface area contributed by atoms with Crippen LogP contribution in [0.1, 0.15) is 438 Å². The largest absolute Gasteiger partial charge is 0.477 e. The molecule has 1 N–H and O–H groups in total. The summed E-state index contributed by atoms with van der Waals surface area (Å²) in [5.74, 6) is -1.98. The van der Waals surface area contributed by atoms with E-state index in [1.165, 1.54) is 327 Å². The van der Waals surface area contributed by atoms with Gasteiger partial charge in [0.1, 0.15) is 13.2 Å². The first-order valence-corrected chi connectivity index (χ1v) is 44.8. The molecule has 0 aliphatic carbocycles. The fourth-order valence-corrected chi connectivity index (χ4v) is 13.4. The molecule has 103 heavy (non-hydrogen) atoms. The maximum absolute atomic E-state index is 13.0. The molecule has 0 amide bonds. The number of allylic oxidation sites excluding steroid dienone is 14. The Labute approximate surface area is 640 Å². The number of esters is 2. The molecule has 0 bridgehead atoms. The molecule has 0 aromatic heterocycles. The van der Waals surface area contributed by atoms with Crippen molar-refractivity contribution in [1.82, 2.24) is 0 Å². The summed E-state index contributed by atoms with van der Waals surface area (Å²) in [5.41, 5.74) is 0.